The summed E-state index contributed by atoms with van der Waals surface area (Å²) in [4.78, 5) is 18.9. The first kappa shape index (κ1) is 15.8. The molecule has 1 amide bonds. The van der Waals surface area contributed by atoms with Crippen LogP contribution in [0.25, 0.3) is 0 Å². The fraction of sp³-hybridized carbons (Fsp3) is 0.222. The van der Waals surface area contributed by atoms with Gasteiger partial charge in [-0.25, -0.2) is 0 Å². The summed E-state index contributed by atoms with van der Waals surface area (Å²) >= 11 is 6.03. The highest BCUT2D eigenvalue weighted by Gasteiger charge is 2.25. The predicted octanol–water partition coefficient (Wildman–Crippen LogP) is 2.89. The van der Waals surface area contributed by atoms with Gasteiger partial charge in [-0.05, 0) is 48.7 Å². The molecule has 0 spiro atoms. The molecule has 4 rings (SSSR count). The average molecular weight is 354 g/mol. The minimum Gasteiger partial charge on any atom is -0.313 e. The van der Waals surface area contributed by atoms with Crippen molar-refractivity contribution >= 4 is 23.2 Å². The van der Waals surface area contributed by atoms with E-state index in [2.05, 4.69) is 15.2 Å². The molecule has 0 N–H and O–H groups in total. The highest BCUT2D eigenvalue weighted by atomic mass is 35.5. The molecule has 1 aromatic carbocycles. The maximum absolute atomic E-state index is 12.8. The van der Waals surface area contributed by atoms with Gasteiger partial charge < -0.3 is 9.47 Å². The molecule has 0 saturated carbocycles. The standard InChI is InChI=1S/C18H16ClN5O/c1-12-22-21-11-23(12)10-13-6-16(9-20-8-13)24-5-4-14-7-15(19)2-3-17(14)18(24)25/h2-3,6-9,11H,4-5,10H2,1H3. The molecule has 0 fully saturated rings. The van der Waals surface area contributed by atoms with Crippen molar-refractivity contribution in [3.05, 3.63) is 70.5 Å². The largest absolute Gasteiger partial charge is 0.313 e. The number of nitrogens with zero attached hydrogens (tertiary/aromatic N) is 5. The van der Waals surface area contributed by atoms with E-state index >= 15 is 0 Å². The molecule has 1 aliphatic heterocycles. The summed E-state index contributed by atoms with van der Waals surface area (Å²) in [6, 6.07) is 7.41. The second-order valence-electron chi connectivity index (χ2n) is 6.07. The lowest BCUT2D eigenvalue weighted by molar-refractivity contribution is 0.0980. The van der Waals surface area contributed by atoms with Gasteiger partial charge in [-0.2, -0.15) is 0 Å². The molecule has 0 radical (unpaired) electrons. The normalized spacial score (nSPS) is 13.8. The van der Waals surface area contributed by atoms with E-state index in [1.165, 1.54) is 0 Å². The lowest BCUT2D eigenvalue weighted by atomic mass is 9.98. The Morgan fingerprint density at radius 2 is 2.12 bits per heavy atom. The summed E-state index contributed by atoms with van der Waals surface area (Å²) in [5.74, 6) is 0.822. The lowest BCUT2D eigenvalue weighted by Gasteiger charge is -2.28. The number of hydrogen-bond donors (Lipinski definition) is 0. The summed E-state index contributed by atoms with van der Waals surface area (Å²) in [6.45, 7) is 3.14. The molecule has 126 valence electrons. The van der Waals surface area contributed by atoms with Gasteiger partial charge in [0.25, 0.3) is 5.91 Å². The predicted molar refractivity (Wildman–Crippen MR) is 94.9 cm³/mol. The van der Waals surface area contributed by atoms with E-state index in [9.17, 15) is 4.79 Å². The molecule has 3 heterocycles. The first-order chi connectivity index (χ1) is 12.1. The van der Waals surface area contributed by atoms with E-state index in [1.54, 1.807) is 35.8 Å². The smallest absolute Gasteiger partial charge is 0.258 e. The quantitative estimate of drug-likeness (QED) is 0.726. The molecule has 0 aliphatic carbocycles. The summed E-state index contributed by atoms with van der Waals surface area (Å²) in [5.41, 5.74) is 3.50. The lowest BCUT2D eigenvalue weighted by Crippen LogP contribution is -2.37. The summed E-state index contributed by atoms with van der Waals surface area (Å²) in [5, 5.41) is 8.54. The minimum absolute atomic E-state index is 0.0163. The Bertz CT molecular complexity index is 952. The van der Waals surface area contributed by atoms with Crippen molar-refractivity contribution < 1.29 is 4.79 Å². The Labute approximate surface area is 150 Å². The number of aryl methyl sites for hydroxylation is 1. The van der Waals surface area contributed by atoms with Crippen molar-refractivity contribution in [1.29, 1.82) is 0 Å². The molecule has 0 atom stereocenters. The number of rotatable bonds is 3. The Balaban J connectivity index is 1.62. The molecule has 0 unspecified atom stereocenters. The number of carbonyl (C=O) groups excluding carboxylic acids is 1. The molecule has 6 nitrogen and oxygen atoms in total. The van der Waals surface area contributed by atoms with Crippen LogP contribution < -0.4 is 4.90 Å². The minimum atomic E-state index is -0.0163. The molecule has 2 aromatic heterocycles. The third-order valence-corrected chi connectivity index (χ3v) is 4.64. The highest BCUT2D eigenvalue weighted by Crippen LogP contribution is 2.26. The maximum Gasteiger partial charge on any atom is 0.258 e. The topological polar surface area (TPSA) is 63.9 Å². The number of pyridine rings is 1. The molecular formula is C18H16ClN5O. The van der Waals surface area contributed by atoms with E-state index in [1.807, 2.05) is 23.6 Å². The number of halogens is 1. The zero-order valence-electron chi connectivity index (χ0n) is 13.7. The third kappa shape index (κ3) is 3.00. The monoisotopic (exact) mass is 353 g/mol. The van der Waals surface area contributed by atoms with Gasteiger partial charge in [-0.3, -0.25) is 9.78 Å². The molecule has 3 aromatic rings. The van der Waals surface area contributed by atoms with E-state index in [-0.39, 0.29) is 5.91 Å². The molecule has 7 heteroatoms. The SMILES string of the molecule is Cc1nncn1Cc1cncc(N2CCc3cc(Cl)ccc3C2=O)c1. The third-order valence-electron chi connectivity index (χ3n) is 4.40. The summed E-state index contributed by atoms with van der Waals surface area (Å²) < 4.78 is 1.94. The van der Waals surface area contributed by atoms with Gasteiger partial charge in [-0.15, -0.1) is 10.2 Å². The van der Waals surface area contributed by atoms with Crippen molar-refractivity contribution in [2.75, 3.05) is 11.4 Å². The molecule has 0 bridgehead atoms. The fourth-order valence-corrected chi connectivity index (χ4v) is 3.27. The second kappa shape index (κ2) is 6.29. The Kier molecular flexibility index (Phi) is 3.97. The van der Waals surface area contributed by atoms with Gasteiger partial charge >= 0.3 is 0 Å². The van der Waals surface area contributed by atoms with Crippen LogP contribution >= 0.6 is 11.6 Å². The van der Waals surface area contributed by atoms with Crippen molar-refractivity contribution in [3.63, 3.8) is 0 Å². The average Bonchev–Trinajstić information content (AvgIpc) is 3.00. The van der Waals surface area contributed by atoms with Crippen LogP contribution in [0, 0.1) is 6.92 Å². The number of anilines is 1. The zero-order valence-corrected chi connectivity index (χ0v) is 14.4. The van der Waals surface area contributed by atoms with E-state index < -0.39 is 0 Å². The van der Waals surface area contributed by atoms with Gasteiger partial charge in [0.15, 0.2) is 0 Å². The van der Waals surface area contributed by atoms with Crippen molar-refractivity contribution in [2.45, 2.75) is 19.9 Å². The van der Waals surface area contributed by atoms with Gasteiger partial charge in [0.05, 0.1) is 18.4 Å². The van der Waals surface area contributed by atoms with Crippen LogP contribution in [-0.2, 0) is 13.0 Å². The Morgan fingerprint density at radius 3 is 2.92 bits per heavy atom. The van der Waals surface area contributed by atoms with E-state index in [0.717, 1.165) is 29.1 Å². The van der Waals surface area contributed by atoms with Crippen LogP contribution in [0.4, 0.5) is 5.69 Å². The first-order valence-corrected chi connectivity index (χ1v) is 8.38. The number of benzene rings is 1. The van der Waals surface area contributed by atoms with E-state index in [4.69, 9.17) is 11.6 Å². The van der Waals surface area contributed by atoms with E-state index in [0.29, 0.717) is 23.7 Å². The van der Waals surface area contributed by atoms with Gasteiger partial charge in [0.1, 0.15) is 12.2 Å². The van der Waals surface area contributed by atoms with Gasteiger partial charge in [0.2, 0.25) is 0 Å². The van der Waals surface area contributed by atoms with Crippen LogP contribution in [0.3, 0.4) is 0 Å². The Morgan fingerprint density at radius 1 is 1.24 bits per heavy atom. The number of hydrogen-bond acceptors (Lipinski definition) is 4. The van der Waals surface area contributed by atoms with Crippen LogP contribution in [0.2, 0.25) is 5.02 Å². The molecule has 0 saturated heterocycles. The number of carbonyl (C=O) groups is 1. The second-order valence-corrected chi connectivity index (χ2v) is 6.50. The van der Waals surface area contributed by atoms with Crippen molar-refractivity contribution in [1.82, 2.24) is 19.7 Å². The zero-order chi connectivity index (χ0) is 17.4. The van der Waals surface area contributed by atoms with Crippen LogP contribution in [0.15, 0.2) is 43.0 Å². The number of amides is 1. The number of fused-ring (bicyclic) bond motifs is 1. The first-order valence-electron chi connectivity index (χ1n) is 8.00. The fourth-order valence-electron chi connectivity index (χ4n) is 3.08. The van der Waals surface area contributed by atoms with Crippen LogP contribution in [-0.4, -0.2) is 32.2 Å². The van der Waals surface area contributed by atoms with Crippen LogP contribution in [0.1, 0.15) is 27.3 Å². The summed E-state index contributed by atoms with van der Waals surface area (Å²) in [6.07, 6.45) is 5.98. The van der Waals surface area contributed by atoms with Crippen molar-refractivity contribution in [3.8, 4) is 0 Å². The number of aromatic nitrogens is 4. The van der Waals surface area contributed by atoms with Gasteiger partial charge in [-0.1, -0.05) is 11.6 Å². The van der Waals surface area contributed by atoms with Crippen molar-refractivity contribution in [2.24, 2.45) is 0 Å². The summed E-state index contributed by atoms with van der Waals surface area (Å²) in [7, 11) is 0. The van der Waals surface area contributed by atoms with Gasteiger partial charge in [0, 0.05) is 23.3 Å². The molecule has 1 aliphatic rings. The maximum atomic E-state index is 12.8. The highest BCUT2D eigenvalue weighted by molar-refractivity contribution is 6.30. The molecule has 25 heavy (non-hydrogen) atoms. The Hall–Kier alpha value is -2.73. The van der Waals surface area contributed by atoms with Crippen LogP contribution in [0.5, 0.6) is 0 Å². The molecular weight excluding hydrogens is 338 g/mol.